The van der Waals surface area contributed by atoms with E-state index in [2.05, 4.69) is 85.9 Å². The van der Waals surface area contributed by atoms with E-state index in [0.29, 0.717) is 5.92 Å². The fraction of sp³-hybridized carbons (Fsp3) is 0.273. The summed E-state index contributed by atoms with van der Waals surface area (Å²) in [7, 11) is 0. The normalized spacial score (nSPS) is 21.1. The number of nitrogens with one attached hydrogen (secondary N) is 1. The molecule has 1 aliphatic rings. The fourth-order valence-corrected chi connectivity index (χ4v) is 3.75. The van der Waals surface area contributed by atoms with Crippen LogP contribution in [0.25, 0.3) is 10.8 Å². The molecule has 3 aromatic rings. The third-order valence-corrected chi connectivity index (χ3v) is 5.00. The van der Waals surface area contributed by atoms with E-state index in [4.69, 9.17) is 4.74 Å². The topological polar surface area (TPSA) is 21.3 Å². The van der Waals surface area contributed by atoms with Crippen molar-refractivity contribution in [2.24, 2.45) is 0 Å². The molecule has 122 valence electrons. The lowest BCUT2D eigenvalue weighted by atomic mass is 9.89. The van der Waals surface area contributed by atoms with Gasteiger partial charge in [0.2, 0.25) is 0 Å². The van der Waals surface area contributed by atoms with Gasteiger partial charge in [-0.1, -0.05) is 67.6 Å². The first kappa shape index (κ1) is 15.2. The Morgan fingerprint density at radius 1 is 0.958 bits per heavy atom. The van der Waals surface area contributed by atoms with Gasteiger partial charge in [-0.25, -0.2) is 0 Å². The second kappa shape index (κ2) is 6.29. The Hall–Kier alpha value is -2.32. The molecule has 2 nitrogen and oxygen atoms in total. The minimum absolute atomic E-state index is 0.0452. The molecule has 3 atom stereocenters. The van der Waals surface area contributed by atoms with Gasteiger partial charge in [-0.15, -0.1) is 0 Å². The molecule has 0 unspecified atom stereocenters. The number of fused-ring (bicyclic) bond motifs is 3. The summed E-state index contributed by atoms with van der Waals surface area (Å²) in [5, 5.41) is 6.24. The summed E-state index contributed by atoms with van der Waals surface area (Å²) in [6.45, 7) is 4.49. The highest BCUT2D eigenvalue weighted by Crippen LogP contribution is 2.40. The van der Waals surface area contributed by atoms with Gasteiger partial charge in [-0.2, -0.15) is 0 Å². The van der Waals surface area contributed by atoms with Crippen LogP contribution in [-0.2, 0) is 0 Å². The molecular formula is C22H23NO. The second-order valence-corrected chi connectivity index (χ2v) is 6.74. The van der Waals surface area contributed by atoms with Gasteiger partial charge in [0.1, 0.15) is 5.75 Å². The van der Waals surface area contributed by atoms with Crippen LogP contribution in [-0.4, -0.2) is 6.23 Å². The first-order valence-electron chi connectivity index (χ1n) is 8.71. The van der Waals surface area contributed by atoms with Crippen LogP contribution >= 0.6 is 0 Å². The molecule has 0 saturated carbocycles. The number of rotatable bonds is 3. The van der Waals surface area contributed by atoms with E-state index in [1.807, 2.05) is 0 Å². The smallest absolute Gasteiger partial charge is 0.151 e. The van der Waals surface area contributed by atoms with Crippen LogP contribution in [0.15, 0.2) is 66.7 Å². The van der Waals surface area contributed by atoms with Gasteiger partial charge in [-0.05, 0) is 35.2 Å². The first-order chi connectivity index (χ1) is 11.7. The third-order valence-electron chi connectivity index (χ3n) is 5.00. The summed E-state index contributed by atoms with van der Waals surface area (Å²) in [4.78, 5) is 0. The van der Waals surface area contributed by atoms with Crippen LogP contribution in [0.5, 0.6) is 5.75 Å². The SMILES string of the molecule is C[C@H]1C[C@H](N[C@H](C)c2ccccc2)Oc2ccc3ccccc3c21. The maximum atomic E-state index is 6.29. The van der Waals surface area contributed by atoms with Gasteiger partial charge >= 0.3 is 0 Å². The molecule has 0 radical (unpaired) electrons. The molecular weight excluding hydrogens is 294 g/mol. The van der Waals surface area contributed by atoms with Crippen molar-refractivity contribution in [3.05, 3.63) is 77.9 Å². The van der Waals surface area contributed by atoms with E-state index in [0.717, 1.165) is 12.2 Å². The number of hydrogen-bond acceptors (Lipinski definition) is 2. The van der Waals surface area contributed by atoms with Crippen molar-refractivity contribution < 1.29 is 4.74 Å². The van der Waals surface area contributed by atoms with Crippen molar-refractivity contribution in [3.63, 3.8) is 0 Å². The second-order valence-electron chi connectivity index (χ2n) is 6.74. The Balaban J connectivity index is 1.59. The van der Waals surface area contributed by atoms with Crippen LogP contribution in [0.1, 0.15) is 43.4 Å². The Morgan fingerprint density at radius 2 is 1.71 bits per heavy atom. The number of benzene rings is 3. The van der Waals surface area contributed by atoms with Gasteiger partial charge in [-0.3, -0.25) is 5.32 Å². The van der Waals surface area contributed by atoms with Crippen molar-refractivity contribution in [2.75, 3.05) is 0 Å². The van der Waals surface area contributed by atoms with Crippen molar-refractivity contribution in [1.82, 2.24) is 5.32 Å². The third kappa shape index (κ3) is 2.78. The zero-order chi connectivity index (χ0) is 16.5. The monoisotopic (exact) mass is 317 g/mol. The summed E-state index contributed by atoms with van der Waals surface area (Å²) in [5.74, 6) is 1.49. The van der Waals surface area contributed by atoms with Crippen molar-refractivity contribution in [2.45, 2.75) is 38.5 Å². The quantitative estimate of drug-likeness (QED) is 0.698. The molecule has 24 heavy (non-hydrogen) atoms. The van der Waals surface area contributed by atoms with Crippen molar-refractivity contribution >= 4 is 10.8 Å². The molecule has 0 fully saturated rings. The van der Waals surface area contributed by atoms with Gasteiger partial charge in [0, 0.05) is 18.0 Å². The summed E-state index contributed by atoms with van der Waals surface area (Å²) < 4.78 is 6.29. The maximum absolute atomic E-state index is 6.29. The highest BCUT2D eigenvalue weighted by atomic mass is 16.5. The number of hydrogen-bond donors (Lipinski definition) is 1. The Labute approximate surface area is 143 Å². The molecule has 2 heteroatoms. The van der Waals surface area contributed by atoms with Crippen LogP contribution in [0.2, 0.25) is 0 Å². The maximum Gasteiger partial charge on any atom is 0.151 e. The lowest BCUT2D eigenvalue weighted by molar-refractivity contribution is 0.117. The zero-order valence-corrected chi connectivity index (χ0v) is 14.2. The Kier molecular flexibility index (Phi) is 3.99. The van der Waals surface area contributed by atoms with Crippen LogP contribution in [0.4, 0.5) is 0 Å². The minimum atomic E-state index is 0.0452. The van der Waals surface area contributed by atoms with Gasteiger partial charge in [0.15, 0.2) is 6.23 Å². The van der Waals surface area contributed by atoms with Crippen LogP contribution in [0.3, 0.4) is 0 Å². The predicted octanol–water partition coefficient (Wildman–Crippen LogP) is 5.40. The summed E-state index contributed by atoms with van der Waals surface area (Å²) in [5.41, 5.74) is 2.64. The molecule has 0 saturated heterocycles. The van der Waals surface area contributed by atoms with Crippen molar-refractivity contribution in [3.8, 4) is 5.75 Å². The van der Waals surface area contributed by atoms with Gasteiger partial charge in [0.05, 0.1) is 0 Å². The van der Waals surface area contributed by atoms with E-state index in [1.54, 1.807) is 0 Å². The molecule has 0 spiro atoms. The van der Waals surface area contributed by atoms with Crippen molar-refractivity contribution in [1.29, 1.82) is 0 Å². The zero-order valence-electron chi connectivity index (χ0n) is 14.2. The van der Waals surface area contributed by atoms with Gasteiger partial charge < -0.3 is 4.74 Å². The average Bonchev–Trinajstić information content (AvgIpc) is 2.62. The van der Waals surface area contributed by atoms with Crippen LogP contribution < -0.4 is 10.1 Å². The highest BCUT2D eigenvalue weighted by molar-refractivity contribution is 5.88. The van der Waals surface area contributed by atoms with E-state index in [-0.39, 0.29) is 12.3 Å². The molecule has 1 heterocycles. The molecule has 1 aliphatic heterocycles. The standard InChI is InChI=1S/C22H23NO/c1-15-14-21(23-16(2)17-8-4-3-5-9-17)24-20-13-12-18-10-6-7-11-19(18)22(15)20/h3-13,15-16,21,23H,14H2,1-2H3/t15-,16+,21+/m0/s1. The van der Waals surface area contributed by atoms with Crippen LogP contribution in [0, 0.1) is 0 Å². The number of ether oxygens (including phenoxy) is 1. The molecule has 0 aromatic heterocycles. The van der Waals surface area contributed by atoms with E-state index < -0.39 is 0 Å². The lowest BCUT2D eigenvalue weighted by Crippen LogP contribution is -2.39. The molecule has 3 aromatic carbocycles. The van der Waals surface area contributed by atoms with E-state index in [9.17, 15) is 0 Å². The molecule has 1 N–H and O–H groups in total. The average molecular weight is 317 g/mol. The fourth-order valence-electron chi connectivity index (χ4n) is 3.75. The molecule has 4 rings (SSSR count). The van der Waals surface area contributed by atoms with E-state index in [1.165, 1.54) is 21.9 Å². The summed E-state index contributed by atoms with van der Waals surface area (Å²) in [6, 6.07) is 23.7. The summed E-state index contributed by atoms with van der Waals surface area (Å²) >= 11 is 0. The molecule has 0 amide bonds. The highest BCUT2D eigenvalue weighted by Gasteiger charge is 2.28. The van der Waals surface area contributed by atoms with Gasteiger partial charge in [0.25, 0.3) is 0 Å². The Bertz CT molecular complexity index is 843. The predicted molar refractivity (Wildman–Crippen MR) is 99.4 cm³/mol. The lowest BCUT2D eigenvalue weighted by Gasteiger charge is -2.33. The Morgan fingerprint density at radius 3 is 2.54 bits per heavy atom. The van der Waals surface area contributed by atoms with E-state index >= 15 is 0 Å². The largest absolute Gasteiger partial charge is 0.475 e. The minimum Gasteiger partial charge on any atom is -0.475 e. The molecule has 0 aliphatic carbocycles. The molecule has 0 bridgehead atoms. The first-order valence-corrected chi connectivity index (χ1v) is 8.71. The summed E-state index contributed by atoms with van der Waals surface area (Å²) in [6.07, 6.45) is 1.03.